The Morgan fingerprint density at radius 3 is 1.47 bits per heavy atom. The number of unbranched alkanes of at least 4 members (excludes halogenated alkanes) is 17. The predicted octanol–water partition coefficient (Wildman–Crippen LogP) is 11.9. The summed E-state index contributed by atoms with van der Waals surface area (Å²) in [4.78, 5) is 35.0. The van der Waals surface area contributed by atoms with E-state index < -0.39 is 51.8 Å². The zero-order chi connectivity index (χ0) is 41.9. The normalized spacial score (nSPS) is 14.4. The van der Waals surface area contributed by atoms with Gasteiger partial charge in [0.1, 0.15) is 12.7 Å². The monoisotopic (exact) mass is 825 g/mol. The third-order valence-corrected chi connectivity index (χ3v) is 10.1. The minimum absolute atomic E-state index is 0.171. The molecule has 0 aliphatic rings. The molecule has 0 rings (SSSR count). The number of hydrogen-bond acceptors (Lipinski definition) is 9. The third-order valence-electron chi connectivity index (χ3n) is 9.16. The van der Waals surface area contributed by atoms with Gasteiger partial charge >= 0.3 is 19.8 Å². The molecule has 11 heteroatoms. The van der Waals surface area contributed by atoms with Crippen LogP contribution in [0.2, 0.25) is 0 Å². The Bertz CT molecular complexity index is 1130. The van der Waals surface area contributed by atoms with Gasteiger partial charge in [-0.2, -0.15) is 0 Å². The fourth-order valence-electron chi connectivity index (χ4n) is 5.74. The second kappa shape index (κ2) is 41.8. The molecule has 3 atom stereocenters. The van der Waals surface area contributed by atoms with Crippen LogP contribution in [0.25, 0.3) is 0 Å². The number of aliphatic hydroxyl groups is 2. The molecule has 3 unspecified atom stereocenters. The number of carbonyl (C=O) groups excluding carboxylic acids is 2. The minimum atomic E-state index is -4.62. The lowest BCUT2D eigenvalue weighted by Gasteiger charge is -2.20. The van der Waals surface area contributed by atoms with E-state index in [4.69, 9.17) is 19.1 Å². The average Bonchev–Trinajstić information content (AvgIpc) is 3.20. The van der Waals surface area contributed by atoms with E-state index in [9.17, 15) is 24.2 Å². The summed E-state index contributed by atoms with van der Waals surface area (Å²) in [6, 6.07) is 0. The standard InChI is InChI=1S/C46H81O10P/c1-3-5-7-9-11-13-15-17-18-19-20-21-22-23-24-26-28-30-32-34-36-38-46(50)56-44(42-55-57(51,52)54-40-43(48)39-47)41-53-45(49)37-35-33-31-29-27-25-16-14-12-10-8-6-4-2/h5,7,11,13-14,16-18,20-21,43-44,47-48H,3-4,6,8-10,12,15,19,22-42H2,1-2H3,(H,51,52)/b7-5-,13-11-,16-14-,18-17-,21-20-. The lowest BCUT2D eigenvalue weighted by atomic mass is 10.1. The van der Waals surface area contributed by atoms with Crippen LogP contribution in [0.5, 0.6) is 0 Å². The van der Waals surface area contributed by atoms with Crippen LogP contribution in [0, 0.1) is 0 Å². The van der Waals surface area contributed by atoms with E-state index in [1.807, 2.05) is 0 Å². The van der Waals surface area contributed by atoms with Gasteiger partial charge in [-0.3, -0.25) is 18.6 Å². The van der Waals surface area contributed by atoms with Crippen molar-refractivity contribution in [2.24, 2.45) is 0 Å². The van der Waals surface area contributed by atoms with Crippen LogP contribution in [-0.2, 0) is 32.7 Å². The number of carbonyl (C=O) groups is 2. The van der Waals surface area contributed by atoms with Crippen molar-refractivity contribution in [1.82, 2.24) is 0 Å². The van der Waals surface area contributed by atoms with Crippen molar-refractivity contribution >= 4 is 19.8 Å². The highest BCUT2D eigenvalue weighted by Gasteiger charge is 2.27. The summed E-state index contributed by atoms with van der Waals surface area (Å²) in [7, 11) is -4.62. The Kier molecular flexibility index (Phi) is 40.1. The summed E-state index contributed by atoms with van der Waals surface area (Å²) in [5.74, 6) is -0.947. The van der Waals surface area contributed by atoms with Crippen molar-refractivity contribution in [3.63, 3.8) is 0 Å². The molecule has 0 spiro atoms. The number of esters is 2. The highest BCUT2D eigenvalue weighted by Crippen LogP contribution is 2.43. The molecule has 0 aromatic carbocycles. The lowest BCUT2D eigenvalue weighted by Crippen LogP contribution is -2.29. The number of phosphoric acid groups is 1. The van der Waals surface area contributed by atoms with Crippen LogP contribution in [0.1, 0.15) is 181 Å². The third kappa shape index (κ3) is 41.6. The topological polar surface area (TPSA) is 149 Å². The van der Waals surface area contributed by atoms with E-state index in [-0.39, 0.29) is 19.4 Å². The minimum Gasteiger partial charge on any atom is -0.462 e. The maximum absolute atomic E-state index is 12.6. The first-order chi connectivity index (χ1) is 27.7. The van der Waals surface area contributed by atoms with Gasteiger partial charge < -0.3 is 24.6 Å². The summed E-state index contributed by atoms with van der Waals surface area (Å²) in [6.45, 7) is 2.23. The molecule has 0 bridgehead atoms. The zero-order valence-electron chi connectivity index (χ0n) is 35.8. The van der Waals surface area contributed by atoms with Crippen LogP contribution in [-0.4, -0.2) is 65.7 Å². The molecule has 0 aromatic heterocycles. The molecule has 0 fully saturated rings. The fourth-order valence-corrected chi connectivity index (χ4v) is 6.53. The smallest absolute Gasteiger partial charge is 0.462 e. The highest BCUT2D eigenvalue weighted by molar-refractivity contribution is 7.47. The molecule has 57 heavy (non-hydrogen) atoms. The summed E-state index contributed by atoms with van der Waals surface area (Å²) < 4.78 is 32.7. The molecule has 0 saturated carbocycles. The van der Waals surface area contributed by atoms with E-state index in [2.05, 4.69) is 79.1 Å². The number of aliphatic hydroxyl groups excluding tert-OH is 2. The molecule has 3 N–H and O–H groups in total. The average molecular weight is 825 g/mol. The quantitative estimate of drug-likeness (QED) is 0.0235. The molecule has 0 heterocycles. The van der Waals surface area contributed by atoms with Gasteiger partial charge in [0.15, 0.2) is 6.10 Å². The number of phosphoric ester groups is 1. The van der Waals surface area contributed by atoms with E-state index in [0.717, 1.165) is 89.9 Å². The second-order valence-corrected chi connectivity index (χ2v) is 16.1. The van der Waals surface area contributed by atoms with E-state index in [0.29, 0.717) is 12.8 Å². The van der Waals surface area contributed by atoms with Gasteiger partial charge in [-0.1, -0.05) is 152 Å². The number of hydrogen-bond donors (Lipinski definition) is 3. The first-order valence-corrected chi connectivity index (χ1v) is 23.7. The highest BCUT2D eigenvalue weighted by atomic mass is 31.2. The van der Waals surface area contributed by atoms with Crippen LogP contribution in [0.3, 0.4) is 0 Å². The Labute approximate surface area is 346 Å². The maximum atomic E-state index is 12.6. The van der Waals surface area contributed by atoms with Crippen molar-refractivity contribution in [2.45, 2.75) is 193 Å². The molecule has 0 aliphatic carbocycles. The maximum Gasteiger partial charge on any atom is 0.472 e. The van der Waals surface area contributed by atoms with Crippen LogP contribution in [0.15, 0.2) is 60.8 Å². The van der Waals surface area contributed by atoms with Gasteiger partial charge in [0.2, 0.25) is 0 Å². The van der Waals surface area contributed by atoms with E-state index in [1.165, 1.54) is 51.4 Å². The molecule has 0 aliphatic heterocycles. The number of ether oxygens (including phenoxy) is 2. The summed E-state index contributed by atoms with van der Waals surface area (Å²) >= 11 is 0. The largest absolute Gasteiger partial charge is 0.472 e. The first-order valence-electron chi connectivity index (χ1n) is 22.2. The van der Waals surface area contributed by atoms with Gasteiger partial charge in [-0.05, 0) is 77.0 Å². The Hall–Kier alpha value is -2.33. The summed E-state index contributed by atoms with van der Waals surface area (Å²) in [6.07, 6.45) is 46.1. The molecule has 0 radical (unpaired) electrons. The molecule has 0 amide bonds. The van der Waals surface area contributed by atoms with Gasteiger partial charge in [-0.25, -0.2) is 4.57 Å². The van der Waals surface area contributed by atoms with Crippen molar-refractivity contribution in [1.29, 1.82) is 0 Å². The van der Waals surface area contributed by atoms with Gasteiger partial charge in [0.05, 0.1) is 19.8 Å². The summed E-state index contributed by atoms with van der Waals surface area (Å²) in [5.41, 5.74) is 0. The van der Waals surface area contributed by atoms with Gasteiger partial charge in [0, 0.05) is 12.8 Å². The van der Waals surface area contributed by atoms with E-state index in [1.54, 1.807) is 0 Å². The van der Waals surface area contributed by atoms with Crippen molar-refractivity contribution in [3.05, 3.63) is 60.8 Å². The van der Waals surface area contributed by atoms with Crippen molar-refractivity contribution in [2.75, 3.05) is 26.4 Å². The first kappa shape index (κ1) is 54.7. The molecule has 0 aromatic rings. The van der Waals surface area contributed by atoms with Crippen molar-refractivity contribution in [3.8, 4) is 0 Å². The molecule has 330 valence electrons. The SMILES string of the molecule is CC/C=C\C/C=C\C/C=C\C/C=C\CCCCCCCCCCC(=O)OC(COC(=O)CCCCCCC/C=C\CCCCCC)COP(=O)(O)OCC(O)CO. The van der Waals surface area contributed by atoms with Gasteiger partial charge in [-0.15, -0.1) is 0 Å². The van der Waals surface area contributed by atoms with Crippen LogP contribution in [0.4, 0.5) is 0 Å². The van der Waals surface area contributed by atoms with Gasteiger partial charge in [0.25, 0.3) is 0 Å². The Morgan fingerprint density at radius 2 is 0.965 bits per heavy atom. The fraction of sp³-hybridized carbons (Fsp3) is 0.739. The second-order valence-electron chi connectivity index (χ2n) is 14.7. The summed E-state index contributed by atoms with van der Waals surface area (Å²) in [5, 5.41) is 18.3. The zero-order valence-corrected chi connectivity index (χ0v) is 36.7. The Morgan fingerprint density at radius 1 is 0.544 bits per heavy atom. The van der Waals surface area contributed by atoms with Crippen molar-refractivity contribution < 1.29 is 47.8 Å². The molecular formula is C46H81O10P. The molecule has 0 saturated heterocycles. The lowest BCUT2D eigenvalue weighted by molar-refractivity contribution is -0.161. The van der Waals surface area contributed by atoms with Crippen LogP contribution >= 0.6 is 7.82 Å². The number of rotatable bonds is 41. The number of allylic oxidation sites excluding steroid dienone is 10. The van der Waals surface area contributed by atoms with E-state index >= 15 is 0 Å². The molecular weight excluding hydrogens is 743 g/mol. The predicted molar refractivity (Wildman–Crippen MR) is 233 cm³/mol. The Balaban J connectivity index is 4.28. The van der Waals surface area contributed by atoms with Crippen LogP contribution < -0.4 is 0 Å². The molecule has 10 nitrogen and oxygen atoms in total.